The van der Waals surface area contributed by atoms with Gasteiger partial charge in [-0.2, -0.15) is 0 Å². The summed E-state index contributed by atoms with van der Waals surface area (Å²) in [5.74, 6) is -2.03. The number of nitrogens with zero attached hydrogens (tertiary/aromatic N) is 1. The lowest BCUT2D eigenvalue weighted by Gasteiger charge is -2.16. The molecule has 2 rings (SSSR count). The van der Waals surface area contributed by atoms with E-state index in [-0.39, 0.29) is 12.4 Å². The fourth-order valence-electron chi connectivity index (χ4n) is 1.56. The number of rotatable bonds is 4. The summed E-state index contributed by atoms with van der Waals surface area (Å²) < 4.78 is 68.4. The van der Waals surface area contributed by atoms with Gasteiger partial charge in [0.1, 0.15) is 18.2 Å². The molecule has 0 fully saturated rings. The van der Waals surface area contributed by atoms with Crippen molar-refractivity contribution in [3.05, 3.63) is 53.9 Å². The van der Waals surface area contributed by atoms with Crippen molar-refractivity contribution >= 4 is 12.4 Å². The summed E-state index contributed by atoms with van der Waals surface area (Å²) in [6.45, 7) is -5.52. The highest BCUT2D eigenvalue weighted by Crippen LogP contribution is 2.18. The predicted octanol–water partition coefficient (Wildman–Crippen LogP) is 2.99. The zero-order chi connectivity index (χ0) is 14.8. The van der Waals surface area contributed by atoms with Crippen molar-refractivity contribution in [1.82, 2.24) is 4.98 Å². The molecule has 20 heavy (non-hydrogen) atoms. The monoisotopic (exact) mass is 288 g/mol. The Morgan fingerprint density at radius 3 is 2.40 bits per heavy atom. The van der Waals surface area contributed by atoms with Crippen LogP contribution in [0.3, 0.4) is 0 Å². The Kier molecular flexibility index (Phi) is 3.92. The molecule has 0 spiro atoms. The van der Waals surface area contributed by atoms with Crippen molar-refractivity contribution in [3.63, 3.8) is 0 Å². The maximum atomic E-state index is 13.3. The van der Waals surface area contributed by atoms with E-state index in [0.717, 1.165) is 18.3 Å². The Bertz CT molecular complexity index is 617. The number of pyridine rings is 1. The molecule has 0 amide bonds. The largest absolute Gasteiger partial charge is 0.512 e. The van der Waals surface area contributed by atoms with Gasteiger partial charge in [0.15, 0.2) is 0 Å². The van der Waals surface area contributed by atoms with E-state index in [1.165, 1.54) is 6.20 Å². The number of aromatic nitrogens is 1. The first kappa shape index (κ1) is 14.3. The van der Waals surface area contributed by atoms with Crippen molar-refractivity contribution in [2.75, 3.05) is 0 Å². The van der Waals surface area contributed by atoms with Crippen molar-refractivity contribution in [2.24, 2.45) is 0 Å². The summed E-state index contributed by atoms with van der Waals surface area (Å²) in [6.07, 6.45) is 2.34. The molecule has 0 aliphatic heterocycles. The average molecular weight is 288 g/mol. The molecule has 0 aliphatic carbocycles. The van der Waals surface area contributed by atoms with Crippen LogP contribution in [0.25, 0.3) is 0 Å². The summed E-state index contributed by atoms with van der Waals surface area (Å²) in [7, 11) is 0. The second-order valence-electron chi connectivity index (χ2n) is 4.06. The fraction of sp³-hybridized carbons (Fsp3) is 0.0833. The third kappa shape index (κ3) is 3.46. The highest BCUT2D eigenvalue weighted by molar-refractivity contribution is 6.73. The Morgan fingerprint density at radius 2 is 1.80 bits per heavy atom. The van der Waals surface area contributed by atoms with Gasteiger partial charge in [0, 0.05) is 17.8 Å². The molecular weight excluding hydrogens is 280 g/mol. The van der Waals surface area contributed by atoms with Crippen LogP contribution >= 0.6 is 0 Å². The van der Waals surface area contributed by atoms with Gasteiger partial charge in [-0.05, 0) is 12.1 Å². The van der Waals surface area contributed by atoms with Crippen LogP contribution in [-0.2, 0) is 6.61 Å². The summed E-state index contributed by atoms with van der Waals surface area (Å²) in [4.78, 5) is 3.59. The van der Waals surface area contributed by atoms with Gasteiger partial charge >= 0.3 is 6.98 Å². The molecule has 0 N–H and O–H groups in total. The van der Waals surface area contributed by atoms with E-state index >= 15 is 0 Å². The summed E-state index contributed by atoms with van der Waals surface area (Å²) in [5, 5.41) is 0. The van der Waals surface area contributed by atoms with Crippen LogP contribution in [0.4, 0.5) is 21.7 Å². The molecule has 2 nitrogen and oxygen atoms in total. The van der Waals surface area contributed by atoms with Crippen molar-refractivity contribution in [3.8, 4) is 5.75 Å². The van der Waals surface area contributed by atoms with Crippen LogP contribution in [0.1, 0.15) is 5.56 Å². The second kappa shape index (κ2) is 5.48. The Hall–Kier alpha value is -2.12. The SMILES string of the molecule is Fc1cncc(COc2ccc([B-](F)(F)F)c(F)c2)c1. The first-order valence-corrected chi connectivity index (χ1v) is 5.58. The second-order valence-corrected chi connectivity index (χ2v) is 4.06. The van der Waals surface area contributed by atoms with E-state index in [1.54, 1.807) is 0 Å². The number of halogens is 5. The Balaban J connectivity index is 2.10. The first-order chi connectivity index (χ1) is 9.36. The lowest BCUT2D eigenvalue weighted by atomic mass is 9.80. The van der Waals surface area contributed by atoms with Crippen molar-refractivity contribution in [2.45, 2.75) is 6.61 Å². The standard InChI is InChI=1S/C12H8BF5NO/c14-9-3-8(5-19-6-9)7-20-10-1-2-11(12(15)4-10)13(16,17)18/h1-6H,7H2/q-1. The molecule has 2 aromatic rings. The summed E-state index contributed by atoms with van der Waals surface area (Å²) >= 11 is 0. The number of ether oxygens (including phenoxy) is 1. The molecule has 1 aromatic carbocycles. The summed E-state index contributed by atoms with van der Waals surface area (Å²) in [5.41, 5.74) is -0.917. The molecule has 0 unspecified atom stereocenters. The van der Waals surface area contributed by atoms with Gasteiger partial charge < -0.3 is 17.7 Å². The number of hydrogen-bond donors (Lipinski definition) is 0. The van der Waals surface area contributed by atoms with E-state index in [9.17, 15) is 21.7 Å². The van der Waals surface area contributed by atoms with E-state index in [2.05, 4.69) is 4.98 Å². The topological polar surface area (TPSA) is 22.1 Å². The van der Waals surface area contributed by atoms with Gasteiger partial charge in [-0.3, -0.25) is 4.98 Å². The van der Waals surface area contributed by atoms with Gasteiger partial charge in [-0.15, -0.1) is 0 Å². The smallest absolute Gasteiger partial charge is 0.489 e. The summed E-state index contributed by atoms with van der Waals surface area (Å²) in [6, 6.07) is 3.45. The maximum Gasteiger partial charge on any atom is 0.512 e. The predicted molar refractivity (Wildman–Crippen MR) is 63.6 cm³/mol. The van der Waals surface area contributed by atoms with Crippen LogP contribution in [0.5, 0.6) is 5.75 Å². The molecule has 1 heterocycles. The van der Waals surface area contributed by atoms with Crippen LogP contribution < -0.4 is 10.2 Å². The third-order valence-corrected chi connectivity index (χ3v) is 2.49. The Morgan fingerprint density at radius 1 is 1.05 bits per heavy atom. The van der Waals surface area contributed by atoms with Crippen LogP contribution in [0.2, 0.25) is 0 Å². The van der Waals surface area contributed by atoms with Gasteiger partial charge in [-0.25, -0.2) is 8.78 Å². The molecule has 1 aromatic heterocycles. The lowest BCUT2D eigenvalue weighted by Crippen LogP contribution is -2.36. The maximum absolute atomic E-state index is 13.3. The quantitative estimate of drug-likeness (QED) is 0.637. The molecule has 0 radical (unpaired) electrons. The molecule has 8 heteroatoms. The van der Waals surface area contributed by atoms with E-state index in [0.29, 0.717) is 17.7 Å². The average Bonchev–Trinajstić information content (AvgIpc) is 2.35. The molecule has 0 saturated heterocycles. The first-order valence-electron chi connectivity index (χ1n) is 5.58. The van der Waals surface area contributed by atoms with E-state index in [4.69, 9.17) is 4.74 Å². The highest BCUT2D eigenvalue weighted by atomic mass is 19.4. The Labute approximate surface area is 111 Å². The lowest BCUT2D eigenvalue weighted by molar-refractivity contribution is 0.303. The molecule has 0 atom stereocenters. The zero-order valence-corrected chi connectivity index (χ0v) is 9.99. The number of benzene rings is 1. The van der Waals surface area contributed by atoms with E-state index in [1.807, 2.05) is 0 Å². The molecule has 106 valence electrons. The van der Waals surface area contributed by atoms with E-state index < -0.39 is 24.1 Å². The zero-order valence-electron chi connectivity index (χ0n) is 9.99. The van der Waals surface area contributed by atoms with Crippen molar-refractivity contribution in [1.29, 1.82) is 0 Å². The molecule has 0 saturated carbocycles. The van der Waals surface area contributed by atoms with Gasteiger partial charge in [-0.1, -0.05) is 11.5 Å². The minimum absolute atomic E-state index is 0.0736. The highest BCUT2D eigenvalue weighted by Gasteiger charge is 2.28. The van der Waals surface area contributed by atoms with Gasteiger partial charge in [0.05, 0.1) is 12.0 Å². The van der Waals surface area contributed by atoms with Gasteiger partial charge in [0.2, 0.25) is 0 Å². The number of hydrogen-bond acceptors (Lipinski definition) is 2. The minimum Gasteiger partial charge on any atom is -0.489 e. The minimum atomic E-state index is -5.40. The third-order valence-electron chi connectivity index (χ3n) is 2.49. The van der Waals surface area contributed by atoms with Crippen LogP contribution in [-0.4, -0.2) is 12.0 Å². The van der Waals surface area contributed by atoms with Crippen molar-refractivity contribution < 1.29 is 26.5 Å². The van der Waals surface area contributed by atoms with Crippen LogP contribution in [0.15, 0.2) is 36.7 Å². The normalized spacial score (nSPS) is 11.4. The molecular formula is C12H8BF5NO-. The molecule has 0 bridgehead atoms. The van der Waals surface area contributed by atoms with Crippen LogP contribution in [0, 0.1) is 11.6 Å². The van der Waals surface area contributed by atoms with Gasteiger partial charge in [0.25, 0.3) is 0 Å². The fourth-order valence-corrected chi connectivity index (χ4v) is 1.56. The molecule has 0 aliphatic rings.